The maximum Gasteiger partial charge on any atom is 0.407 e. The predicted molar refractivity (Wildman–Crippen MR) is 130 cm³/mol. The largest absolute Gasteiger partial charge is 0.444 e. The standard InChI is InChI=1S/C26H37N3O4/c1-16-23(32-17(2)30)22(19-11-9-18(14-27)10-12-19)20(21(29-16)13-25(3,4)5)15-28-24(31)33-26(6,7)8/h9-12H,13-15,27H2,1-8H3,(H,28,31). The molecule has 0 spiro atoms. The third kappa shape index (κ3) is 7.86. The number of pyridine rings is 1. The molecule has 0 aliphatic rings. The Balaban J connectivity index is 2.69. The Bertz CT molecular complexity index is 1000. The number of ether oxygens (including phenoxy) is 2. The SMILES string of the molecule is CC(=O)Oc1c(C)nc(CC(C)(C)C)c(CNC(=O)OC(C)(C)C)c1-c1ccc(CN)cc1. The van der Waals surface area contributed by atoms with E-state index in [2.05, 4.69) is 26.1 Å². The fourth-order valence-corrected chi connectivity index (χ4v) is 3.48. The lowest BCUT2D eigenvalue weighted by molar-refractivity contribution is -0.131. The van der Waals surface area contributed by atoms with Gasteiger partial charge in [0.1, 0.15) is 5.60 Å². The van der Waals surface area contributed by atoms with E-state index in [-0.39, 0.29) is 12.0 Å². The Labute approximate surface area is 197 Å². The van der Waals surface area contributed by atoms with E-state index in [0.717, 1.165) is 27.9 Å². The second-order valence-corrected chi connectivity index (χ2v) is 10.4. The molecule has 33 heavy (non-hydrogen) atoms. The molecule has 2 rings (SSSR count). The van der Waals surface area contributed by atoms with Crippen LogP contribution in [-0.4, -0.2) is 22.6 Å². The maximum absolute atomic E-state index is 12.4. The molecule has 0 aliphatic heterocycles. The Kier molecular flexibility index (Phi) is 8.25. The number of carbonyl (C=O) groups excluding carboxylic acids is 2. The molecule has 0 bridgehead atoms. The molecule has 1 heterocycles. The summed E-state index contributed by atoms with van der Waals surface area (Å²) in [5, 5.41) is 2.85. The Hall–Kier alpha value is -2.93. The minimum atomic E-state index is -0.617. The smallest absolute Gasteiger partial charge is 0.407 e. The van der Waals surface area contributed by atoms with Crippen LogP contribution < -0.4 is 15.8 Å². The van der Waals surface area contributed by atoms with E-state index in [4.69, 9.17) is 20.2 Å². The summed E-state index contributed by atoms with van der Waals surface area (Å²) in [6.45, 7) is 15.6. The van der Waals surface area contributed by atoms with Crippen molar-refractivity contribution < 1.29 is 19.1 Å². The highest BCUT2D eigenvalue weighted by Crippen LogP contribution is 2.39. The van der Waals surface area contributed by atoms with Crippen LogP contribution in [0.4, 0.5) is 4.79 Å². The van der Waals surface area contributed by atoms with E-state index in [0.29, 0.717) is 24.4 Å². The molecule has 0 saturated carbocycles. The van der Waals surface area contributed by atoms with Gasteiger partial charge < -0.3 is 20.5 Å². The number of esters is 1. The summed E-state index contributed by atoms with van der Waals surface area (Å²) in [5.74, 6) is -0.0454. The molecular weight excluding hydrogens is 418 g/mol. The first-order valence-corrected chi connectivity index (χ1v) is 11.2. The second kappa shape index (κ2) is 10.3. The van der Waals surface area contributed by atoms with Gasteiger partial charge in [-0.25, -0.2) is 4.79 Å². The van der Waals surface area contributed by atoms with Gasteiger partial charge in [0, 0.05) is 36.8 Å². The molecule has 0 aliphatic carbocycles. The van der Waals surface area contributed by atoms with Gasteiger partial charge in [-0.15, -0.1) is 0 Å². The molecule has 7 nitrogen and oxygen atoms in total. The number of alkyl carbamates (subject to hydrolysis) is 1. The summed E-state index contributed by atoms with van der Waals surface area (Å²) < 4.78 is 11.1. The Morgan fingerprint density at radius 1 is 1.06 bits per heavy atom. The van der Waals surface area contributed by atoms with Gasteiger partial charge in [-0.05, 0) is 50.7 Å². The highest BCUT2D eigenvalue weighted by molar-refractivity contribution is 5.81. The molecule has 0 radical (unpaired) electrons. The summed E-state index contributed by atoms with van der Waals surface area (Å²) in [4.78, 5) is 29.2. The quantitative estimate of drug-likeness (QED) is 0.591. The van der Waals surface area contributed by atoms with Crippen molar-refractivity contribution >= 4 is 12.1 Å². The molecule has 3 N–H and O–H groups in total. The van der Waals surface area contributed by atoms with Crippen LogP contribution in [0, 0.1) is 12.3 Å². The first-order valence-electron chi connectivity index (χ1n) is 11.2. The fraction of sp³-hybridized carbons (Fsp3) is 0.500. The van der Waals surface area contributed by atoms with Crippen LogP contribution >= 0.6 is 0 Å². The number of amides is 1. The van der Waals surface area contributed by atoms with Crippen molar-refractivity contribution in [2.45, 2.75) is 80.5 Å². The van der Waals surface area contributed by atoms with Crippen LogP contribution in [0.2, 0.25) is 0 Å². The molecule has 1 aromatic carbocycles. The Morgan fingerprint density at radius 3 is 2.15 bits per heavy atom. The monoisotopic (exact) mass is 455 g/mol. The van der Waals surface area contributed by atoms with Crippen LogP contribution in [0.3, 0.4) is 0 Å². The number of aromatic nitrogens is 1. The highest BCUT2D eigenvalue weighted by atomic mass is 16.6. The normalized spacial score (nSPS) is 11.8. The second-order valence-electron chi connectivity index (χ2n) is 10.4. The minimum Gasteiger partial charge on any atom is -0.444 e. The van der Waals surface area contributed by atoms with Gasteiger partial charge in [-0.2, -0.15) is 0 Å². The molecule has 0 unspecified atom stereocenters. The van der Waals surface area contributed by atoms with Crippen LogP contribution in [0.25, 0.3) is 11.1 Å². The van der Waals surface area contributed by atoms with Crippen molar-refractivity contribution in [1.82, 2.24) is 10.3 Å². The van der Waals surface area contributed by atoms with E-state index in [1.165, 1.54) is 6.92 Å². The topological polar surface area (TPSA) is 104 Å². The highest BCUT2D eigenvalue weighted by Gasteiger charge is 2.25. The zero-order valence-corrected chi connectivity index (χ0v) is 21.1. The van der Waals surface area contributed by atoms with E-state index in [9.17, 15) is 9.59 Å². The van der Waals surface area contributed by atoms with Crippen molar-refractivity contribution in [1.29, 1.82) is 0 Å². The zero-order valence-electron chi connectivity index (χ0n) is 21.1. The molecular formula is C26H37N3O4. The first kappa shape index (κ1) is 26.3. The summed E-state index contributed by atoms with van der Waals surface area (Å²) in [7, 11) is 0. The molecule has 1 amide bonds. The van der Waals surface area contributed by atoms with Gasteiger partial charge in [0.25, 0.3) is 0 Å². The lowest BCUT2D eigenvalue weighted by atomic mass is 9.86. The number of nitrogens with two attached hydrogens (primary N) is 1. The fourth-order valence-electron chi connectivity index (χ4n) is 3.48. The number of hydrogen-bond acceptors (Lipinski definition) is 6. The molecule has 0 fully saturated rings. The predicted octanol–water partition coefficient (Wildman–Crippen LogP) is 5.05. The maximum atomic E-state index is 12.4. The number of aryl methyl sites for hydroxylation is 1. The number of rotatable bonds is 6. The molecule has 0 saturated heterocycles. The summed E-state index contributed by atoms with van der Waals surface area (Å²) in [5.41, 5.74) is 9.92. The minimum absolute atomic E-state index is 0.0519. The number of hydrogen-bond donors (Lipinski definition) is 2. The molecule has 180 valence electrons. The molecule has 2 aromatic rings. The van der Waals surface area contributed by atoms with E-state index < -0.39 is 17.7 Å². The zero-order chi connectivity index (χ0) is 25.0. The molecule has 7 heteroatoms. The van der Waals surface area contributed by atoms with Gasteiger partial charge >= 0.3 is 12.1 Å². The van der Waals surface area contributed by atoms with Gasteiger partial charge in [-0.1, -0.05) is 45.0 Å². The van der Waals surface area contributed by atoms with Crippen molar-refractivity contribution in [2.24, 2.45) is 11.1 Å². The van der Waals surface area contributed by atoms with Crippen LogP contribution in [0.15, 0.2) is 24.3 Å². The van der Waals surface area contributed by atoms with Gasteiger partial charge in [-0.3, -0.25) is 9.78 Å². The van der Waals surface area contributed by atoms with Gasteiger partial charge in [0.05, 0.1) is 5.69 Å². The van der Waals surface area contributed by atoms with E-state index >= 15 is 0 Å². The van der Waals surface area contributed by atoms with Crippen molar-refractivity contribution in [3.05, 3.63) is 46.8 Å². The number of nitrogens with one attached hydrogen (secondary N) is 1. The molecule has 0 atom stereocenters. The van der Waals surface area contributed by atoms with Crippen LogP contribution in [0.5, 0.6) is 5.75 Å². The molecule has 1 aromatic heterocycles. The summed E-state index contributed by atoms with van der Waals surface area (Å²) >= 11 is 0. The van der Waals surface area contributed by atoms with Crippen molar-refractivity contribution in [3.63, 3.8) is 0 Å². The average molecular weight is 456 g/mol. The summed E-state index contributed by atoms with van der Waals surface area (Å²) in [6.07, 6.45) is 0.149. The summed E-state index contributed by atoms with van der Waals surface area (Å²) in [6, 6.07) is 7.78. The Morgan fingerprint density at radius 2 is 1.67 bits per heavy atom. The lowest BCUT2D eigenvalue weighted by Gasteiger charge is -2.25. The van der Waals surface area contributed by atoms with Gasteiger partial charge in [0.2, 0.25) is 0 Å². The van der Waals surface area contributed by atoms with Crippen molar-refractivity contribution in [3.8, 4) is 16.9 Å². The van der Waals surface area contributed by atoms with Gasteiger partial charge in [0.15, 0.2) is 5.75 Å². The number of nitrogens with zero attached hydrogens (tertiary/aromatic N) is 1. The number of benzene rings is 1. The average Bonchev–Trinajstić information content (AvgIpc) is 2.66. The number of carbonyl (C=O) groups is 2. The lowest BCUT2D eigenvalue weighted by Crippen LogP contribution is -2.32. The van der Waals surface area contributed by atoms with Crippen LogP contribution in [0.1, 0.15) is 71.0 Å². The first-order chi connectivity index (χ1) is 15.2. The third-order valence-corrected chi connectivity index (χ3v) is 4.74. The third-order valence-electron chi connectivity index (χ3n) is 4.74. The van der Waals surface area contributed by atoms with Crippen molar-refractivity contribution in [2.75, 3.05) is 0 Å². The van der Waals surface area contributed by atoms with Crippen LogP contribution in [-0.2, 0) is 29.0 Å². The van der Waals surface area contributed by atoms with E-state index in [1.807, 2.05) is 52.0 Å². The van der Waals surface area contributed by atoms with E-state index in [1.54, 1.807) is 0 Å².